The minimum Gasteiger partial charge on any atom is -0.335 e. The highest BCUT2D eigenvalue weighted by molar-refractivity contribution is 8.76. The van der Waals surface area contributed by atoms with E-state index in [2.05, 4.69) is 19.0 Å². The molecule has 0 aliphatic heterocycles. The van der Waals surface area contributed by atoms with Crippen LogP contribution in [0, 0.1) is 0 Å². The molecule has 1 rings (SSSR count). The Morgan fingerprint density at radius 3 is 2.42 bits per heavy atom. The molecule has 0 N–H and O–H groups in total. The van der Waals surface area contributed by atoms with Gasteiger partial charge in [0.1, 0.15) is 0 Å². The smallest absolute Gasteiger partial charge is 0.227 e. The first kappa shape index (κ1) is 16.4. The van der Waals surface area contributed by atoms with Crippen molar-refractivity contribution < 1.29 is 4.79 Å². The van der Waals surface area contributed by atoms with E-state index < -0.39 is 0 Å². The molecular formula is C14H22N2OS2. The highest BCUT2D eigenvalue weighted by Gasteiger charge is 2.09. The van der Waals surface area contributed by atoms with Gasteiger partial charge in [-0.2, -0.15) is 0 Å². The van der Waals surface area contributed by atoms with E-state index in [0.29, 0.717) is 6.42 Å². The van der Waals surface area contributed by atoms with Crippen LogP contribution < -0.4 is 0 Å². The van der Waals surface area contributed by atoms with Gasteiger partial charge in [-0.15, -0.1) is 0 Å². The summed E-state index contributed by atoms with van der Waals surface area (Å²) in [6, 6.07) is 9.88. The molecule has 106 valence electrons. The zero-order chi connectivity index (χ0) is 14.1. The van der Waals surface area contributed by atoms with E-state index in [4.69, 9.17) is 0 Å². The van der Waals surface area contributed by atoms with Gasteiger partial charge in [0, 0.05) is 19.3 Å². The van der Waals surface area contributed by atoms with Gasteiger partial charge < -0.3 is 9.80 Å². The molecule has 0 aliphatic carbocycles. The van der Waals surface area contributed by atoms with Crippen LogP contribution in [0.15, 0.2) is 30.3 Å². The monoisotopic (exact) mass is 298 g/mol. The van der Waals surface area contributed by atoms with Gasteiger partial charge in [0.2, 0.25) is 5.91 Å². The summed E-state index contributed by atoms with van der Waals surface area (Å²) >= 11 is 0. The molecule has 0 unspecified atom stereocenters. The Kier molecular flexibility index (Phi) is 8.02. The zero-order valence-corrected chi connectivity index (χ0v) is 13.5. The molecule has 19 heavy (non-hydrogen) atoms. The minimum absolute atomic E-state index is 0.173. The Hall–Kier alpha value is -0.650. The lowest BCUT2D eigenvalue weighted by Gasteiger charge is -2.16. The number of benzene rings is 1. The number of amides is 1. The Labute approximate surface area is 124 Å². The maximum atomic E-state index is 12.0. The van der Waals surface area contributed by atoms with Crippen LogP contribution >= 0.6 is 21.6 Å². The number of hydrogen-bond donors (Lipinski definition) is 0. The second kappa shape index (κ2) is 9.28. The molecule has 1 amide bonds. The van der Waals surface area contributed by atoms with Gasteiger partial charge in [-0.05, 0) is 19.7 Å². The van der Waals surface area contributed by atoms with Gasteiger partial charge in [0.05, 0.1) is 12.3 Å². The molecule has 3 nitrogen and oxygen atoms in total. The summed E-state index contributed by atoms with van der Waals surface area (Å²) in [5.74, 6) is 1.99. The van der Waals surface area contributed by atoms with E-state index in [1.54, 1.807) is 15.7 Å². The lowest BCUT2D eigenvalue weighted by atomic mass is 10.1. The summed E-state index contributed by atoms with van der Waals surface area (Å²) in [4.78, 5) is 15.9. The number of carbonyl (C=O) groups excluding carboxylic acids is 1. The van der Waals surface area contributed by atoms with Gasteiger partial charge >= 0.3 is 0 Å². The van der Waals surface area contributed by atoms with E-state index in [1.165, 1.54) is 0 Å². The fourth-order valence-electron chi connectivity index (χ4n) is 1.37. The molecular weight excluding hydrogens is 276 g/mol. The summed E-state index contributed by atoms with van der Waals surface area (Å²) in [6.45, 7) is 1.07. The Morgan fingerprint density at radius 1 is 1.11 bits per heavy atom. The van der Waals surface area contributed by atoms with Gasteiger partial charge in [0.25, 0.3) is 0 Å². The quantitative estimate of drug-likeness (QED) is 0.418. The molecule has 0 spiro atoms. The van der Waals surface area contributed by atoms with Crippen LogP contribution in [0.5, 0.6) is 0 Å². The van der Waals surface area contributed by atoms with Crippen molar-refractivity contribution in [1.29, 1.82) is 0 Å². The summed E-state index contributed by atoms with van der Waals surface area (Å²) in [6.07, 6.45) is 0.486. The Balaban J connectivity index is 2.18. The van der Waals surface area contributed by atoms with Crippen molar-refractivity contribution in [2.75, 3.05) is 39.3 Å². The van der Waals surface area contributed by atoms with Gasteiger partial charge in [0.15, 0.2) is 0 Å². The molecule has 0 atom stereocenters. The number of carbonyl (C=O) groups is 1. The predicted octanol–water partition coefficient (Wildman–Crippen LogP) is 2.59. The summed E-state index contributed by atoms with van der Waals surface area (Å²) < 4.78 is 0. The molecule has 1 aromatic rings. The molecule has 0 radical (unpaired) electrons. The average molecular weight is 298 g/mol. The van der Waals surface area contributed by atoms with E-state index in [1.807, 2.05) is 48.2 Å². The zero-order valence-electron chi connectivity index (χ0n) is 11.8. The molecule has 0 heterocycles. The van der Waals surface area contributed by atoms with Crippen LogP contribution in [0.25, 0.3) is 0 Å². The van der Waals surface area contributed by atoms with Gasteiger partial charge in [-0.25, -0.2) is 0 Å². The van der Waals surface area contributed by atoms with Crippen molar-refractivity contribution in [2.45, 2.75) is 6.42 Å². The van der Waals surface area contributed by atoms with Crippen LogP contribution in [0.3, 0.4) is 0 Å². The molecule has 0 aromatic heterocycles. The van der Waals surface area contributed by atoms with Crippen molar-refractivity contribution in [2.24, 2.45) is 0 Å². The van der Waals surface area contributed by atoms with Crippen molar-refractivity contribution >= 4 is 27.5 Å². The van der Waals surface area contributed by atoms with Crippen molar-refractivity contribution in [3.05, 3.63) is 35.9 Å². The average Bonchev–Trinajstić information content (AvgIpc) is 2.38. The first-order chi connectivity index (χ1) is 9.09. The molecule has 0 bridgehead atoms. The van der Waals surface area contributed by atoms with E-state index in [9.17, 15) is 4.79 Å². The van der Waals surface area contributed by atoms with Gasteiger partial charge in [-0.1, -0.05) is 51.9 Å². The summed E-state index contributed by atoms with van der Waals surface area (Å²) in [5.41, 5.74) is 1.07. The number of hydrogen-bond acceptors (Lipinski definition) is 4. The Morgan fingerprint density at radius 2 is 1.79 bits per heavy atom. The standard InChI is InChI=1S/C14H22N2OS2/c1-15(2)9-10-18-19-12-16(3)14(17)11-13-7-5-4-6-8-13/h4-8H,9-12H2,1-3H3. The second-order valence-corrected chi connectivity index (χ2v) is 7.18. The highest BCUT2D eigenvalue weighted by atomic mass is 33.1. The molecule has 1 aromatic carbocycles. The van der Waals surface area contributed by atoms with Crippen LogP contribution in [-0.2, 0) is 11.2 Å². The van der Waals surface area contributed by atoms with E-state index in [-0.39, 0.29) is 5.91 Å². The van der Waals surface area contributed by atoms with Crippen LogP contribution in [0.4, 0.5) is 0 Å². The van der Waals surface area contributed by atoms with Crippen LogP contribution in [-0.4, -0.2) is 55.0 Å². The van der Waals surface area contributed by atoms with E-state index in [0.717, 1.165) is 23.7 Å². The molecule has 0 fully saturated rings. The summed E-state index contributed by atoms with van der Waals surface area (Å²) in [5, 5.41) is 0. The maximum Gasteiger partial charge on any atom is 0.227 e. The molecule has 0 saturated heterocycles. The minimum atomic E-state index is 0.173. The number of rotatable bonds is 8. The fraction of sp³-hybridized carbons (Fsp3) is 0.500. The normalized spacial score (nSPS) is 10.7. The SMILES string of the molecule is CN(C)CCSSCN(C)C(=O)Cc1ccccc1. The third-order valence-corrected chi connectivity index (χ3v) is 4.90. The topological polar surface area (TPSA) is 23.6 Å². The van der Waals surface area contributed by atoms with Crippen molar-refractivity contribution in [3.63, 3.8) is 0 Å². The van der Waals surface area contributed by atoms with Gasteiger partial charge in [-0.3, -0.25) is 4.79 Å². The van der Waals surface area contributed by atoms with E-state index >= 15 is 0 Å². The largest absolute Gasteiger partial charge is 0.335 e. The maximum absolute atomic E-state index is 12.0. The molecule has 0 saturated carbocycles. The third-order valence-electron chi connectivity index (χ3n) is 2.58. The van der Waals surface area contributed by atoms with Crippen LogP contribution in [0.1, 0.15) is 5.56 Å². The third kappa shape index (κ3) is 7.50. The fourth-order valence-corrected chi connectivity index (χ4v) is 3.58. The second-order valence-electron chi connectivity index (χ2n) is 4.63. The predicted molar refractivity (Wildman–Crippen MR) is 86.4 cm³/mol. The Bertz CT molecular complexity index is 371. The van der Waals surface area contributed by atoms with Crippen molar-refractivity contribution in [3.8, 4) is 0 Å². The van der Waals surface area contributed by atoms with Crippen LogP contribution in [0.2, 0.25) is 0 Å². The van der Waals surface area contributed by atoms with Crippen molar-refractivity contribution in [1.82, 2.24) is 9.80 Å². The first-order valence-electron chi connectivity index (χ1n) is 6.26. The first-order valence-corrected chi connectivity index (χ1v) is 8.75. The lowest BCUT2D eigenvalue weighted by Crippen LogP contribution is -2.27. The number of likely N-dealkylation sites (N-methyl/N-ethyl adjacent to an activating group) is 1. The molecule has 0 aliphatic rings. The lowest BCUT2D eigenvalue weighted by molar-refractivity contribution is -0.128. The number of nitrogens with zero attached hydrogens (tertiary/aromatic N) is 2. The highest BCUT2D eigenvalue weighted by Crippen LogP contribution is 2.21. The molecule has 5 heteroatoms. The summed E-state index contributed by atoms with van der Waals surface area (Å²) in [7, 11) is 9.56.